The minimum Gasteiger partial charge on any atom is -0.493 e. The maximum atomic E-state index is 5.58. The van der Waals surface area contributed by atoms with Gasteiger partial charge in [-0.3, -0.25) is 4.99 Å². The van der Waals surface area contributed by atoms with Crippen molar-refractivity contribution in [2.75, 3.05) is 66.0 Å². The van der Waals surface area contributed by atoms with Crippen LogP contribution in [0.15, 0.2) is 23.2 Å². The Hall–Kier alpha value is -1.06. The zero-order chi connectivity index (χ0) is 19.8. The number of benzene rings is 1. The van der Waals surface area contributed by atoms with Crippen LogP contribution in [0.25, 0.3) is 0 Å². The Balaban J connectivity index is 0.00000300. The number of nitrogens with zero attached hydrogens (tertiary/aromatic N) is 3. The Morgan fingerprint density at radius 1 is 1.17 bits per heavy atom. The van der Waals surface area contributed by atoms with Crippen molar-refractivity contribution in [2.45, 2.75) is 26.7 Å². The Morgan fingerprint density at radius 2 is 1.93 bits per heavy atom. The van der Waals surface area contributed by atoms with Crippen LogP contribution in [0.5, 0.6) is 5.75 Å². The van der Waals surface area contributed by atoms with E-state index in [1.165, 1.54) is 43.9 Å². The Labute approximate surface area is 193 Å². The summed E-state index contributed by atoms with van der Waals surface area (Å²) in [5, 5.41) is 6.93. The van der Waals surface area contributed by atoms with Crippen molar-refractivity contribution in [3.63, 3.8) is 0 Å². The summed E-state index contributed by atoms with van der Waals surface area (Å²) in [5.41, 5.74) is 2.69. The molecule has 6 nitrogen and oxygen atoms in total. The molecule has 0 saturated carbocycles. The Morgan fingerprint density at radius 3 is 2.66 bits per heavy atom. The molecule has 2 aliphatic rings. The number of guanidine groups is 1. The molecule has 2 aliphatic heterocycles. The third kappa shape index (κ3) is 7.61. The van der Waals surface area contributed by atoms with E-state index in [2.05, 4.69) is 57.5 Å². The molecule has 2 heterocycles. The number of hydrogen-bond donors (Lipinski definition) is 2. The van der Waals surface area contributed by atoms with E-state index in [9.17, 15) is 0 Å². The van der Waals surface area contributed by atoms with Gasteiger partial charge in [0.25, 0.3) is 0 Å². The molecule has 1 unspecified atom stereocenters. The maximum Gasteiger partial charge on any atom is 0.190 e. The fourth-order valence-electron chi connectivity index (χ4n) is 4.01. The van der Waals surface area contributed by atoms with Gasteiger partial charge in [0.1, 0.15) is 5.75 Å². The van der Waals surface area contributed by atoms with Crippen LogP contribution in [0, 0.1) is 5.92 Å². The summed E-state index contributed by atoms with van der Waals surface area (Å²) >= 11 is 0. The number of ether oxygens (including phenoxy) is 1. The van der Waals surface area contributed by atoms with Crippen molar-refractivity contribution < 1.29 is 4.74 Å². The van der Waals surface area contributed by atoms with E-state index in [1.807, 2.05) is 7.05 Å². The molecule has 0 spiro atoms. The van der Waals surface area contributed by atoms with E-state index in [-0.39, 0.29) is 24.0 Å². The van der Waals surface area contributed by atoms with Gasteiger partial charge in [0.15, 0.2) is 5.96 Å². The second-order valence-corrected chi connectivity index (χ2v) is 8.01. The largest absolute Gasteiger partial charge is 0.493 e. The highest BCUT2D eigenvalue weighted by Gasteiger charge is 2.17. The molecule has 1 saturated heterocycles. The molecule has 7 heteroatoms. The van der Waals surface area contributed by atoms with Crippen LogP contribution >= 0.6 is 24.0 Å². The molecule has 0 radical (unpaired) electrons. The average molecular weight is 515 g/mol. The molecule has 0 bridgehead atoms. The first-order valence-electron chi connectivity index (χ1n) is 10.8. The van der Waals surface area contributed by atoms with Crippen LogP contribution in [-0.4, -0.2) is 81.8 Å². The second kappa shape index (κ2) is 12.6. The van der Waals surface area contributed by atoms with Crippen molar-refractivity contribution in [3.05, 3.63) is 29.3 Å². The number of hydrogen-bond acceptors (Lipinski definition) is 4. The molecule has 2 N–H and O–H groups in total. The summed E-state index contributed by atoms with van der Waals surface area (Å²) in [6, 6.07) is 6.55. The fraction of sp³-hybridized carbons (Fsp3) is 0.682. The first-order chi connectivity index (χ1) is 13.7. The van der Waals surface area contributed by atoms with E-state index in [4.69, 9.17) is 4.74 Å². The molecular formula is C22H38IN5O. The van der Waals surface area contributed by atoms with Crippen molar-refractivity contribution in [1.82, 2.24) is 20.4 Å². The minimum absolute atomic E-state index is 0. The highest BCUT2D eigenvalue weighted by molar-refractivity contribution is 14.0. The molecule has 1 aromatic carbocycles. The maximum absolute atomic E-state index is 5.58. The molecule has 1 aromatic rings. The highest BCUT2D eigenvalue weighted by Crippen LogP contribution is 2.25. The summed E-state index contributed by atoms with van der Waals surface area (Å²) in [6.07, 6.45) is 2.02. The van der Waals surface area contributed by atoms with Crippen molar-refractivity contribution in [3.8, 4) is 5.75 Å². The summed E-state index contributed by atoms with van der Waals surface area (Å²) in [7, 11) is 1.84. The molecule has 0 aliphatic carbocycles. The number of fused-ring (bicyclic) bond motifs is 1. The van der Waals surface area contributed by atoms with Crippen LogP contribution in [0.2, 0.25) is 0 Å². The summed E-state index contributed by atoms with van der Waals surface area (Å²) in [4.78, 5) is 9.49. The monoisotopic (exact) mass is 515 g/mol. The minimum atomic E-state index is 0. The van der Waals surface area contributed by atoms with Gasteiger partial charge in [-0.25, -0.2) is 0 Å². The molecule has 1 atom stereocenters. The molecule has 3 rings (SSSR count). The van der Waals surface area contributed by atoms with Gasteiger partial charge in [-0.1, -0.05) is 26.0 Å². The highest BCUT2D eigenvalue weighted by atomic mass is 127. The van der Waals surface area contributed by atoms with Gasteiger partial charge >= 0.3 is 0 Å². The Kier molecular flexibility index (Phi) is 10.5. The predicted octanol–water partition coefficient (Wildman–Crippen LogP) is 2.22. The van der Waals surface area contributed by atoms with Crippen molar-refractivity contribution in [1.29, 1.82) is 0 Å². The molecule has 1 fully saturated rings. The summed E-state index contributed by atoms with van der Waals surface area (Å²) in [6.45, 7) is 14.3. The van der Waals surface area contributed by atoms with Gasteiger partial charge in [-0.2, -0.15) is 0 Å². The summed E-state index contributed by atoms with van der Waals surface area (Å²) < 4.78 is 5.58. The first kappa shape index (κ1) is 24.2. The third-order valence-electron chi connectivity index (χ3n) is 5.78. The third-order valence-corrected chi connectivity index (χ3v) is 5.78. The summed E-state index contributed by atoms with van der Waals surface area (Å²) in [5.74, 6) is 2.55. The average Bonchev–Trinajstić information content (AvgIpc) is 3.19. The van der Waals surface area contributed by atoms with Gasteiger partial charge < -0.3 is 25.2 Å². The fourth-order valence-corrected chi connectivity index (χ4v) is 4.01. The lowest BCUT2D eigenvalue weighted by Gasteiger charge is -2.35. The molecule has 0 aromatic heterocycles. The lowest BCUT2D eigenvalue weighted by atomic mass is 10.1. The first-order valence-corrected chi connectivity index (χ1v) is 10.8. The Bertz CT molecular complexity index is 646. The van der Waals surface area contributed by atoms with Crippen LogP contribution < -0.4 is 15.4 Å². The van der Waals surface area contributed by atoms with Gasteiger partial charge in [-0.05, 0) is 36.1 Å². The number of halogens is 1. The SMILES string of the molecule is CCN1CCN(CC(C)CNC(=NC)NCCc2ccc3c(c2)CCO3)CC1.I. The smallest absolute Gasteiger partial charge is 0.190 e. The van der Waals surface area contributed by atoms with Gasteiger partial charge in [-0.15, -0.1) is 24.0 Å². The van der Waals surface area contributed by atoms with Gasteiger partial charge in [0.2, 0.25) is 0 Å². The zero-order valence-corrected chi connectivity index (χ0v) is 20.6. The van der Waals surface area contributed by atoms with Crippen molar-refractivity contribution >= 4 is 29.9 Å². The van der Waals surface area contributed by atoms with E-state index in [0.29, 0.717) is 5.92 Å². The van der Waals surface area contributed by atoms with Crippen LogP contribution in [0.3, 0.4) is 0 Å². The lowest BCUT2D eigenvalue weighted by Crippen LogP contribution is -2.48. The molecular weight excluding hydrogens is 477 g/mol. The van der Waals surface area contributed by atoms with Crippen molar-refractivity contribution in [2.24, 2.45) is 10.9 Å². The normalized spacial score (nSPS) is 18.5. The molecule has 0 amide bonds. The van der Waals surface area contributed by atoms with Crippen LogP contribution in [-0.2, 0) is 12.8 Å². The van der Waals surface area contributed by atoms with Gasteiger partial charge in [0, 0.05) is 59.3 Å². The standard InChI is InChI=1S/C22H37N5O.HI/c1-4-26-10-12-27(13-11-26)17-18(2)16-25-22(23-3)24-9-7-19-5-6-21-20(15-19)8-14-28-21;/h5-6,15,18H,4,7-14,16-17H2,1-3H3,(H2,23,24,25);1H. The van der Waals surface area contributed by atoms with E-state index in [1.54, 1.807) is 0 Å². The van der Waals surface area contributed by atoms with Crippen LogP contribution in [0.1, 0.15) is 25.0 Å². The van der Waals surface area contributed by atoms with Gasteiger partial charge in [0.05, 0.1) is 6.61 Å². The molecule has 164 valence electrons. The van der Waals surface area contributed by atoms with Crippen LogP contribution in [0.4, 0.5) is 0 Å². The number of aliphatic imine (C=N–C) groups is 1. The molecule has 29 heavy (non-hydrogen) atoms. The quantitative estimate of drug-likeness (QED) is 0.316. The number of piperazine rings is 1. The number of nitrogens with one attached hydrogen (secondary N) is 2. The number of rotatable bonds is 8. The lowest BCUT2D eigenvalue weighted by molar-refractivity contribution is 0.124. The van der Waals surface area contributed by atoms with E-state index >= 15 is 0 Å². The topological polar surface area (TPSA) is 52.1 Å². The second-order valence-electron chi connectivity index (χ2n) is 8.01. The predicted molar refractivity (Wildman–Crippen MR) is 132 cm³/mol. The van der Waals surface area contributed by atoms with E-state index in [0.717, 1.165) is 50.8 Å². The van der Waals surface area contributed by atoms with E-state index < -0.39 is 0 Å². The number of likely N-dealkylation sites (N-methyl/N-ethyl adjacent to an activating group) is 1. The zero-order valence-electron chi connectivity index (χ0n) is 18.2.